The lowest BCUT2D eigenvalue weighted by molar-refractivity contribution is 0.585. The van der Waals surface area contributed by atoms with Crippen LogP contribution in [0.1, 0.15) is 38.8 Å². The molecule has 0 atom stereocenters. The summed E-state index contributed by atoms with van der Waals surface area (Å²) in [6, 6.07) is 4.66. The Morgan fingerprint density at radius 3 is 2.07 bits per heavy atom. The average molecular weight is 414 g/mol. The predicted octanol–water partition coefficient (Wildman–Crippen LogP) is 4.76. The number of aryl methyl sites for hydroxylation is 1. The number of halogens is 2. The van der Waals surface area contributed by atoms with E-state index in [4.69, 9.17) is 0 Å². The van der Waals surface area contributed by atoms with Gasteiger partial charge in [-0.3, -0.25) is 0 Å². The molecule has 1 rings (SSSR count). The minimum atomic E-state index is 0.255. The fourth-order valence-corrected chi connectivity index (χ4v) is 4.16. The number of hydrogen-bond acceptors (Lipinski definition) is 0. The average Bonchev–Trinajstić information content (AvgIpc) is 2.02. The lowest BCUT2D eigenvalue weighted by Gasteiger charge is -2.22. The van der Waals surface area contributed by atoms with Crippen LogP contribution in [0.15, 0.2) is 12.1 Å². The van der Waals surface area contributed by atoms with Crippen molar-refractivity contribution < 1.29 is 0 Å². The van der Waals surface area contributed by atoms with Gasteiger partial charge in [0.1, 0.15) is 0 Å². The molecule has 0 amide bonds. The molecule has 78 valence electrons. The first-order valence-corrected chi connectivity index (χ1v) is 7.00. The summed E-state index contributed by atoms with van der Waals surface area (Å²) in [5.74, 6) is 0. The van der Waals surface area contributed by atoms with Gasteiger partial charge in [-0.25, -0.2) is 0 Å². The second kappa shape index (κ2) is 4.68. The molecular weight excluding hydrogens is 398 g/mol. The predicted molar refractivity (Wildman–Crippen MR) is 80.0 cm³/mol. The zero-order valence-electron chi connectivity index (χ0n) is 9.12. The second-order valence-corrected chi connectivity index (χ2v) is 6.85. The largest absolute Gasteiger partial charge is 0.0613 e. The third kappa shape index (κ3) is 2.84. The lowest BCUT2D eigenvalue weighted by Crippen LogP contribution is -2.14. The molecule has 0 bridgehead atoms. The van der Waals surface area contributed by atoms with Crippen molar-refractivity contribution in [3.8, 4) is 0 Å². The second-order valence-electron chi connectivity index (χ2n) is 4.53. The molecule has 0 nitrogen and oxygen atoms in total. The third-order valence-electron chi connectivity index (χ3n) is 2.32. The van der Waals surface area contributed by atoms with Crippen LogP contribution >= 0.6 is 45.2 Å². The van der Waals surface area contributed by atoms with E-state index in [1.807, 2.05) is 0 Å². The summed E-state index contributed by atoms with van der Waals surface area (Å²) in [4.78, 5) is 0. The molecular formula is C12H16I2. The van der Waals surface area contributed by atoms with Crippen molar-refractivity contribution in [1.82, 2.24) is 0 Å². The van der Waals surface area contributed by atoms with Crippen molar-refractivity contribution in [2.24, 2.45) is 0 Å². The van der Waals surface area contributed by atoms with Crippen LogP contribution in [-0.4, -0.2) is 0 Å². The van der Waals surface area contributed by atoms with Gasteiger partial charge in [-0.1, -0.05) is 33.8 Å². The van der Waals surface area contributed by atoms with Gasteiger partial charge in [0.25, 0.3) is 0 Å². The minimum Gasteiger partial charge on any atom is -0.0613 e. The van der Waals surface area contributed by atoms with Crippen molar-refractivity contribution in [3.63, 3.8) is 0 Å². The maximum atomic E-state index is 2.44. The van der Waals surface area contributed by atoms with Crippen LogP contribution in [0.3, 0.4) is 0 Å². The molecule has 1 aromatic carbocycles. The van der Waals surface area contributed by atoms with Gasteiger partial charge in [-0.05, 0) is 74.2 Å². The van der Waals surface area contributed by atoms with E-state index in [0.29, 0.717) is 0 Å². The first kappa shape index (κ1) is 12.7. The van der Waals surface area contributed by atoms with E-state index >= 15 is 0 Å². The Kier molecular flexibility index (Phi) is 4.26. The summed E-state index contributed by atoms with van der Waals surface area (Å²) in [5.41, 5.74) is 3.19. The highest BCUT2D eigenvalue weighted by Gasteiger charge is 2.18. The van der Waals surface area contributed by atoms with Crippen LogP contribution in [0.5, 0.6) is 0 Å². The van der Waals surface area contributed by atoms with Gasteiger partial charge >= 0.3 is 0 Å². The Labute approximate surface area is 114 Å². The number of rotatable bonds is 1. The molecule has 0 unspecified atom stereocenters. The summed E-state index contributed by atoms with van der Waals surface area (Å²) in [6.45, 7) is 9.04. The van der Waals surface area contributed by atoms with E-state index in [0.717, 1.165) is 6.42 Å². The van der Waals surface area contributed by atoms with E-state index in [2.05, 4.69) is 85.0 Å². The normalized spacial score (nSPS) is 11.9. The molecule has 0 N–H and O–H groups in total. The van der Waals surface area contributed by atoms with Gasteiger partial charge < -0.3 is 0 Å². The molecule has 0 saturated heterocycles. The minimum absolute atomic E-state index is 0.255. The van der Waals surface area contributed by atoms with E-state index < -0.39 is 0 Å². The van der Waals surface area contributed by atoms with Crippen molar-refractivity contribution in [2.45, 2.75) is 39.5 Å². The highest BCUT2D eigenvalue weighted by molar-refractivity contribution is 14.1. The molecule has 2 heteroatoms. The Hall–Kier alpha value is 0.680. The molecule has 0 radical (unpaired) electrons. The Morgan fingerprint density at radius 1 is 1.07 bits per heavy atom. The fraction of sp³-hybridized carbons (Fsp3) is 0.500. The van der Waals surface area contributed by atoms with Crippen molar-refractivity contribution in [3.05, 3.63) is 30.4 Å². The molecule has 0 aliphatic carbocycles. The van der Waals surface area contributed by atoms with Crippen LogP contribution in [0, 0.1) is 7.14 Å². The van der Waals surface area contributed by atoms with Crippen molar-refractivity contribution >= 4 is 45.2 Å². The van der Waals surface area contributed by atoms with Crippen LogP contribution in [0.25, 0.3) is 0 Å². The number of benzene rings is 1. The maximum absolute atomic E-state index is 2.44. The van der Waals surface area contributed by atoms with E-state index in [9.17, 15) is 0 Å². The Morgan fingerprint density at radius 2 is 1.64 bits per heavy atom. The first-order chi connectivity index (χ1) is 6.36. The van der Waals surface area contributed by atoms with E-state index in [-0.39, 0.29) is 5.41 Å². The first-order valence-electron chi connectivity index (χ1n) is 4.84. The zero-order chi connectivity index (χ0) is 10.9. The van der Waals surface area contributed by atoms with Crippen LogP contribution in [-0.2, 0) is 11.8 Å². The molecule has 0 spiro atoms. The molecule has 1 aromatic rings. The summed E-state index contributed by atoms with van der Waals surface area (Å²) in [6.07, 6.45) is 1.12. The smallest absolute Gasteiger partial charge is 0.0178 e. The van der Waals surface area contributed by atoms with E-state index in [1.165, 1.54) is 18.3 Å². The summed E-state index contributed by atoms with van der Waals surface area (Å²) in [5, 5.41) is 0. The maximum Gasteiger partial charge on any atom is 0.0178 e. The van der Waals surface area contributed by atoms with Gasteiger partial charge in [-0.2, -0.15) is 0 Å². The molecule has 0 aliphatic heterocycles. The summed E-state index contributed by atoms with van der Waals surface area (Å²) >= 11 is 4.87. The van der Waals surface area contributed by atoms with Gasteiger partial charge in [0.15, 0.2) is 0 Å². The number of hydrogen-bond donors (Lipinski definition) is 0. The Balaban J connectivity index is 3.32. The van der Waals surface area contributed by atoms with Gasteiger partial charge in [-0.15, -0.1) is 0 Å². The molecule has 0 aliphatic rings. The highest BCUT2D eigenvalue weighted by atomic mass is 127. The summed E-state index contributed by atoms with van der Waals surface area (Å²) < 4.78 is 2.78. The quantitative estimate of drug-likeness (QED) is 0.582. The van der Waals surface area contributed by atoms with Gasteiger partial charge in [0.05, 0.1) is 0 Å². The van der Waals surface area contributed by atoms with Crippen molar-refractivity contribution in [2.75, 3.05) is 0 Å². The third-order valence-corrected chi connectivity index (χ3v) is 4.22. The summed E-state index contributed by atoms with van der Waals surface area (Å²) in [7, 11) is 0. The standard InChI is InChI=1S/C12H16I2/c1-5-8-6-9(12(2,3)4)11(14)7-10(8)13/h6-7H,5H2,1-4H3. The van der Waals surface area contributed by atoms with Gasteiger partial charge in [0, 0.05) is 7.14 Å². The SMILES string of the molecule is CCc1cc(C(C)(C)C)c(I)cc1I. The highest BCUT2D eigenvalue weighted by Crippen LogP contribution is 2.30. The molecule has 0 heterocycles. The Bertz CT molecular complexity index is 335. The van der Waals surface area contributed by atoms with Crippen LogP contribution in [0.2, 0.25) is 0 Å². The van der Waals surface area contributed by atoms with Crippen LogP contribution in [0.4, 0.5) is 0 Å². The van der Waals surface area contributed by atoms with Gasteiger partial charge in [0.2, 0.25) is 0 Å². The van der Waals surface area contributed by atoms with Crippen LogP contribution < -0.4 is 0 Å². The molecule has 0 saturated carbocycles. The molecule has 0 fully saturated rings. The molecule has 0 aromatic heterocycles. The molecule has 14 heavy (non-hydrogen) atoms. The lowest BCUT2D eigenvalue weighted by atomic mass is 9.86. The monoisotopic (exact) mass is 414 g/mol. The zero-order valence-corrected chi connectivity index (χ0v) is 13.4. The van der Waals surface area contributed by atoms with Crippen molar-refractivity contribution in [1.29, 1.82) is 0 Å². The topological polar surface area (TPSA) is 0 Å². The van der Waals surface area contributed by atoms with E-state index in [1.54, 1.807) is 0 Å². The fourth-order valence-electron chi connectivity index (χ4n) is 1.44.